The molecule has 4 aromatic rings. The lowest BCUT2D eigenvalue weighted by Gasteiger charge is -2.13. The van der Waals surface area contributed by atoms with Crippen molar-refractivity contribution in [3.8, 4) is 0 Å². The van der Waals surface area contributed by atoms with Gasteiger partial charge in [-0.15, -0.1) is 0 Å². The summed E-state index contributed by atoms with van der Waals surface area (Å²) in [5.74, 6) is 1.15. The lowest BCUT2D eigenvalue weighted by atomic mass is 10.1. The highest BCUT2D eigenvalue weighted by molar-refractivity contribution is 7.90. The van der Waals surface area contributed by atoms with Gasteiger partial charge in [0.15, 0.2) is 9.84 Å². The molecule has 0 saturated carbocycles. The van der Waals surface area contributed by atoms with Gasteiger partial charge in [0.1, 0.15) is 11.0 Å². The highest BCUT2D eigenvalue weighted by Crippen LogP contribution is 2.26. The van der Waals surface area contributed by atoms with Crippen LogP contribution in [0.5, 0.6) is 0 Å². The Morgan fingerprint density at radius 2 is 2.07 bits per heavy atom. The Morgan fingerprint density at radius 1 is 1.26 bits per heavy atom. The number of anilines is 1. The smallest absolute Gasteiger partial charge is 0.236 e. The Morgan fingerprint density at radius 3 is 2.85 bits per heavy atom. The Balaban J connectivity index is 1.77. The molecule has 1 N–H and O–H groups in total. The largest absolute Gasteiger partial charge is 0.365 e. The van der Waals surface area contributed by atoms with Crippen LogP contribution in [0.15, 0.2) is 47.8 Å². The Bertz CT molecular complexity index is 1280. The quantitative estimate of drug-likeness (QED) is 0.528. The summed E-state index contributed by atoms with van der Waals surface area (Å²) in [4.78, 5) is 13.3. The van der Waals surface area contributed by atoms with Gasteiger partial charge in [-0.2, -0.15) is 4.98 Å². The molecule has 138 valence electrons. The van der Waals surface area contributed by atoms with Crippen molar-refractivity contribution >= 4 is 43.9 Å². The summed E-state index contributed by atoms with van der Waals surface area (Å²) < 4.78 is 25.7. The standard InChI is InChI=1S/C18H16ClN5O2S/c1-11-12(4-3-5-15(11)27(2,25)26)9-22-17-13-8-16(19)21-10-14(13)24-7-6-20-18(24)23-17/h3-8,10H,9H2,1-2H3,(H,20,22,23). The van der Waals surface area contributed by atoms with Crippen molar-refractivity contribution < 1.29 is 8.42 Å². The Kier molecular flexibility index (Phi) is 4.24. The molecule has 0 aliphatic heterocycles. The monoisotopic (exact) mass is 401 g/mol. The summed E-state index contributed by atoms with van der Waals surface area (Å²) in [5, 5.41) is 4.45. The molecule has 0 amide bonds. The molecule has 0 fully saturated rings. The number of fused-ring (bicyclic) bond motifs is 3. The predicted octanol–water partition coefficient (Wildman–Crippen LogP) is 3.25. The highest BCUT2D eigenvalue weighted by atomic mass is 35.5. The molecule has 4 rings (SSSR count). The zero-order valence-corrected chi connectivity index (χ0v) is 16.2. The Hall–Kier alpha value is -2.71. The molecule has 0 saturated heterocycles. The highest BCUT2D eigenvalue weighted by Gasteiger charge is 2.14. The van der Waals surface area contributed by atoms with Crippen LogP contribution in [0.4, 0.5) is 5.82 Å². The number of aromatic nitrogens is 4. The fourth-order valence-electron chi connectivity index (χ4n) is 3.10. The summed E-state index contributed by atoms with van der Waals surface area (Å²) in [6.07, 6.45) is 6.36. The first kappa shape index (κ1) is 17.7. The molecule has 9 heteroatoms. The van der Waals surface area contributed by atoms with Gasteiger partial charge in [0.2, 0.25) is 5.78 Å². The predicted molar refractivity (Wildman–Crippen MR) is 105 cm³/mol. The molecule has 0 radical (unpaired) electrons. The zero-order chi connectivity index (χ0) is 19.2. The second kappa shape index (κ2) is 6.47. The molecule has 27 heavy (non-hydrogen) atoms. The number of sulfone groups is 1. The molecule has 0 aliphatic rings. The van der Waals surface area contributed by atoms with Crippen LogP contribution in [0.3, 0.4) is 0 Å². The first-order chi connectivity index (χ1) is 12.8. The number of benzene rings is 1. The van der Waals surface area contributed by atoms with Crippen LogP contribution >= 0.6 is 11.6 Å². The minimum atomic E-state index is -3.28. The molecule has 0 bridgehead atoms. The SMILES string of the molecule is Cc1c(CNc2nc3nccn3c3cnc(Cl)cc23)cccc1S(C)(=O)=O. The number of rotatable bonds is 4. The van der Waals surface area contributed by atoms with Crippen LogP contribution in [0.1, 0.15) is 11.1 Å². The van der Waals surface area contributed by atoms with Gasteiger partial charge in [-0.1, -0.05) is 23.7 Å². The van der Waals surface area contributed by atoms with E-state index in [0.717, 1.165) is 22.0 Å². The van der Waals surface area contributed by atoms with Crippen LogP contribution in [0.2, 0.25) is 5.15 Å². The summed E-state index contributed by atoms with van der Waals surface area (Å²) in [7, 11) is -3.28. The van der Waals surface area contributed by atoms with Gasteiger partial charge in [-0.05, 0) is 30.2 Å². The van der Waals surface area contributed by atoms with Crippen molar-refractivity contribution in [3.63, 3.8) is 0 Å². The van der Waals surface area contributed by atoms with Crippen LogP contribution in [-0.2, 0) is 16.4 Å². The van der Waals surface area contributed by atoms with E-state index in [1.165, 1.54) is 6.26 Å². The van der Waals surface area contributed by atoms with E-state index in [1.807, 2.05) is 16.7 Å². The van der Waals surface area contributed by atoms with E-state index in [-0.39, 0.29) is 0 Å². The van der Waals surface area contributed by atoms with Gasteiger partial charge < -0.3 is 5.32 Å². The van der Waals surface area contributed by atoms with E-state index in [2.05, 4.69) is 20.3 Å². The maximum Gasteiger partial charge on any atom is 0.236 e. The molecule has 0 atom stereocenters. The first-order valence-corrected chi connectivity index (χ1v) is 10.4. The number of pyridine rings is 1. The number of hydrogen-bond acceptors (Lipinski definition) is 6. The molecular formula is C18H16ClN5O2S. The molecular weight excluding hydrogens is 386 g/mol. The summed E-state index contributed by atoms with van der Waals surface area (Å²) in [5.41, 5.74) is 2.42. The van der Waals surface area contributed by atoms with Gasteiger partial charge in [-0.3, -0.25) is 4.40 Å². The molecule has 0 unspecified atom stereocenters. The van der Waals surface area contributed by atoms with E-state index in [0.29, 0.717) is 28.2 Å². The fraction of sp³-hybridized carbons (Fsp3) is 0.167. The first-order valence-electron chi connectivity index (χ1n) is 8.15. The normalized spacial score (nSPS) is 12.0. The van der Waals surface area contributed by atoms with Gasteiger partial charge in [0.25, 0.3) is 0 Å². The van der Waals surface area contributed by atoms with E-state index < -0.39 is 9.84 Å². The van der Waals surface area contributed by atoms with Crippen LogP contribution in [0.25, 0.3) is 16.7 Å². The lowest BCUT2D eigenvalue weighted by Crippen LogP contribution is -2.08. The van der Waals surface area contributed by atoms with E-state index in [4.69, 9.17) is 11.6 Å². The Labute approximate surface area is 161 Å². The van der Waals surface area contributed by atoms with Crippen molar-refractivity contribution in [3.05, 3.63) is 59.1 Å². The van der Waals surface area contributed by atoms with Crippen molar-refractivity contribution in [2.75, 3.05) is 11.6 Å². The van der Waals surface area contributed by atoms with Crippen molar-refractivity contribution in [2.24, 2.45) is 0 Å². The van der Waals surface area contributed by atoms with Gasteiger partial charge in [-0.25, -0.2) is 18.4 Å². The third kappa shape index (κ3) is 3.22. The van der Waals surface area contributed by atoms with E-state index >= 15 is 0 Å². The average Bonchev–Trinajstić information content (AvgIpc) is 3.08. The lowest BCUT2D eigenvalue weighted by molar-refractivity contribution is 0.601. The second-order valence-corrected chi connectivity index (χ2v) is 8.62. The van der Waals surface area contributed by atoms with Crippen LogP contribution in [-0.4, -0.2) is 34.0 Å². The second-order valence-electron chi connectivity index (χ2n) is 6.25. The number of hydrogen-bond donors (Lipinski definition) is 1. The zero-order valence-electron chi connectivity index (χ0n) is 14.6. The molecule has 0 aliphatic carbocycles. The molecule has 3 heterocycles. The average molecular weight is 402 g/mol. The maximum atomic E-state index is 11.9. The van der Waals surface area contributed by atoms with Crippen molar-refractivity contribution in [2.45, 2.75) is 18.4 Å². The summed E-state index contributed by atoms with van der Waals surface area (Å²) >= 11 is 6.07. The third-order valence-electron chi connectivity index (χ3n) is 4.44. The van der Waals surface area contributed by atoms with Crippen molar-refractivity contribution in [1.82, 2.24) is 19.4 Å². The molecule has 3 aromatic heterocycles. The fourth-order valence-corrected chi connectivity index (χ4v) is 4.27. The minimum Gasteiger partial charge on any atom is -0.365 e. The number of halogens is 1. The van der Waals surface area contributed by atoms with Crippen molar-refractivity contribution in [1.29, 1.82) is 0 Å². The van der Waals surface area contributed by atoms with Crippen LogP contribution < -0.4 is 5.32 Å². The topological polar surface area (TPSA) is 89.2 Å². The van der Waals surface area contributed by atoms with E-state index in [9.17, 15) is 8.42 Å². The number of nitrogens with zero attached hydrogens (tertiary/aromatic N) is 4. The van der Waals surface area contributed by atoms with Crippen LogP contribution in [0, 0.1) is 6.92 Å². The molecule has 7 nitrogen and oxygen atoms in total. The maximum absolute atomic E-state index is 11.9. The minimum absolute atomic E-state index is 0.329. The van der Waals surface area contributed by atoms with Gasteiger partial charge >= 0.3 is 0 Å². The summed E-state index contributed by atoms with van der Waals surface area (Å²) in [6, 6.07) is 6.99. The number of nitrogens with one attached hydrogen (secondary N) is 1. The molecule has 0 spiro atoms. The summed E-state index contributed by atoms with van der Waals surface area (Å²) in [6.45, 7) is 2.21. The van der Waals surface area contributed by atoms with Gasteiger partial charge in [0, 0.05) is 30.6 Å². The van der Waals surface area contributed by atoms with Gasteiger partial charge in [0.05, 0.1) is 16.6 Å². The number of imidazole rings is 1. The third-order valence-corrected chi connectivity index (χ3v) is 5.89. The molecule has 1 aromatic carbocycles. The van der Waals surface area contributed by atoms with E-state index in [1.54, 1.807) is 37.5 Å².